The molecule has 0 aromatic rings. The number of aliphatic hydroxyl groups is 1. The SMILES string of the molecule is O=C(O)CCCCCCCCC(=O)OC(=O)CCC(=O)OCCCCO. The Bertz CT molecular complexity index is 433. The van der Waals surface area contributed by atoms with Crippen LogP contribution in [0.1, 0.15) is 77.0 Å². The van der Waals surface area contributed by atoms with E-state index in [1.165, 1.54) is 0 Å². The second kappa shape index (κ2) is 16.5. The van der Waals surface area contributed by atoms with Gasteiger partial charge in [-0.2, -0.15) is 0 Å². The molecule has 0 fully saturated rings. The molecule has 0 unspecified atom stereocenters. The number of carbonyl (C=O) groups excluding carboxylic acids is 3. The van der Waals surface area contributed by atoms with E-state index < -0.39 is 23.9 Å². The van der Waals surface area contributed by atoms with Crippen LogP contribution in [-0.4, -0.2) is 47.3 Å². The molecule has 2 N–H and O–H groups in total. The molecule has 0 aromatic carbocycles. The third kappa shape index (κ3) is 16.9. The number of esters is 3. The maximum atomic E-state index is 11.5. The average Bonchev–Trinajstić information content (AvgIpc) is 2.59. The van der Waals surface area contributed by atoms with E-state index in [2.05, 4.69) is 4.74 Å². The van der Waals surface area contributed by atoms with Gasteiger partial charge in [0, 0.05) is 19.4 Å². The second-order valence-corrected chi connectivity index (χ2v) is 6.01. The van der Waals surface area contributed by atoms with Crippen LogP contribution in [0.25, 0.3) is 0 Å². The number of carbonyl (C=O) groups is 4. The fourth-order valence-corrected chi connectivity index (χ4v) is 2.16. The summed E-state index contributed by atoms with van der Waals surface area (Å²) >= 11 is 0. The zero-order valence-corrected chi connectivity index (χ0v) is 15.2. The molecule has 8 nitrogen and oxygen atoms in total. The number of carboxylic acid groups (broad SMARTS) is 1. The molecular weight excluding hydrogens is 344 g/mol. The summed E-state index contributed by atoms with van der Waals surface area (Å²) in [6.45, 7) is 0.236. The van der Waals surface area contributed by atoms with Gasteiger partial charge in [-0.3, -0.25) is 19.2 Å². The molecule has 0 saturated heterocycles. The van der Waals surface area contributed by atoms with Crippen LogP contribution in [0.5, 0.6) is 0 Å². The number of hydrogen-bond acceptors (Lipinski definition) is 7. The standard InChI is InChI=1S/C18H30O8/c19-13-7-8-14-25-16(22)11-12-18(24)26-17(23)10-6-4-2-1-3-5-9-15(20)21/h19H,1-14H2,(H,20,21). The van der Waals surface area contributed by atoms with Crippen LogP contribution < -0.4 is 0 Å². The number of carboxylic acids is 1. The first-order valence-corrected chi connectivity index (χ1v) is 9.17. The predicted octanol–water partition coefficient (Wildman–Crippen LogP) is 2.36. The highest BCUT2D eigenvalue weighted by Crippen LogP contribution is 2.09. The van der Waals surface area contributed by atoms with Crippen LogP contribution in [0.15, 0.2) is 0 Å². The summed E-state index contributed by atoms with van der Waals surface area (Å²) in [5, 5.41) is 17.1. The molecule has 0 amide bonds. The van der Waals surface area contributed by atoms with Crippen LogP contribution in [0.4, 0.5) is 0 Å². The molecule has 0 atom stereocenters. The normalized spacial score (nSPS) is 10.3. The van der Waals surface area contributed by atoms with Crippen molar-refractivity contribution in [1.82, 2.24) is 0 Å². The van der Waals surface area contributed by atoms with Crippen molar-refractivity contribution in [3.05, 3.63) is 0 Å². The lowest BCUT2D eigenvalue weighted by atomic mass is 10.1. The molecule has 0 bridgehead atoms. The number of ether oxygens (including phenoxy) is 2. The van der Waals surface area contributed by atoms with Gasteiger partial charge in [0.05, 0.1) is 19.4 Å². The number of rotatable bonds is 16. The van der Waals surface area contributed by atoms with Gasteiger partial charge in [0.1, 0.15) is 0 Å². The maximum absolute atomic E-state index is 11.5. The van der Waals surface area contributed by atoms with E-state index in [0.29, 0.717) is 25.7 Å². The minimum atomic E-state index is -0.785. The maximum Gasteiger partial charge on any atom is 0.314 e. The smallest absolute Gasteiger partial charge is 0.314 e. The van der Waals surface area contributed by atoms with E-state index in [0.717, 1.165) is 25.7 Å². The molecule has 0 aliphatic carbocycles. The van der Waals surface area contributed by atoms with E-state index in [-0.39, 0.29) is 38.9 Å². The van der Waals surface area contributed by atoms with Crippen molar-refractivity contribution in [3.63, 3.8) is 0 Å². The zero-order chi connectivity index (χ0) is 19.6. The third-order valence-corrected chi connectivity index (χ3v) is 3.60. The van der Waals surface area contributed by atoms with Crippen LogP contribution >= 0.6 is 0 Å². The van der Waals surface area contributed by atoms with Gasteiger partial charge >= 0.3 is 23.9 Å². The largest absolute Gasteiger partial charge is 0.481 e. The lowest BCUT2D eigenvalue weighted by Crippen LogP contribution is -2.14. The molecule has 0 radical (unpaired) electrons. The van der Waals surface area contributed by atoms with Crippen LogP contribution in [0, 0.1) is 0 Å². The van der Waals surface area contributed by atoms with E-state index in [9.17, 15) is 19.2 Å². The summed E-state index contributed by atoms with van der Waals surface area (Å²) < 4.78 is 9.49. The number of aliphatic hydroxyl groups excluding tert-OH is 1. The van der Waals surface area contributed by atoms with Gasteiger partial charge in [-0.1, -0.05) is 25.7 Å². The monoisotopic (exact) mass is 374 g/mol. The van der Waals surface area contributed by atoms with Crippen LogP contribution in [0.2, 0.25) is 0 Å². The Morgan fingerprint density at radius 2 is 1.15 bits per heavy atom. The van der Waals surface area contributed by atoms with Gasteiger partial charge in [0.15, 0.2) is 0 Å². The highest BCUT2D eigenvalue weighted by molar-refractivity contribution is 5.87. The first kappa shape index (κ1) is 24.0. The first-order valence-electron chi connectivity index (χ1n) is 9.17. The summed E-state index contributed by atoms with van der Waals surface area (Å²) in [6.07, 6.45) is 5.87. The first-order chi connectivity index (χ1) is 12.5. The van der Waals surface area contributed by atoms with Crippen LogP contribution in [-0.2, 0) is 28.7 Å². The van der Waals surface area contributed by atoms with Gasteiger partial charge in [-0.15, -0.1) is 0 Å². The van der Waals surface area contributed by atoms with E-state index >= 15 is 0 Å². The topological polar surface area (TPSA) is 127 Å². The quantitative estimate of drug-likeness (QED) is 0.239. The molecule has 0 saturated carbocycles. The fourth-order valence-electron chi connectivity index (χ4n) is 2.16. The molecule has 0 aliphatic heterocycles. The zero-order valence-electron chi connectivity index (χ0n) is 15.2. The Labute approximate surface area is 153 Å². The van der Waals surface area contributed by atoms with E-state index in [1.807, 2.05) is 0 Å². The third-order valence-electron chi connectivity index (χ3n) is 3.60. The molecule has 0 aromatic heterocycles. The van der Waals surface area contributed by atoms with Crippen molar-refractivity contribution >= 4 is 23.9 Å². The Morgan fingerprint density at radius 3 is 1.77 bits per heavy atom. The molecule has 26 heavy (non-hydrogen) atoms. The predicted molar refractivity (Wildman–Crippen MR) is 92.2 cm³/mol. The Hall–Kier alpha value is -1.96. The second-order valence-electron chi connectivity index (χ2n) is 6.01. The molecule has 0 rings (SSSR count). The molecule has 0 aliphatic rings. The number of hydrogen-bond donors (Lipinski definition) is 2. The molecule has 150 valence electrons. The van der Waals surface area contributed by atoms with Crippen LogP contribution in [0.3, 0.4) is 0 Å². The van der Waals surface area contributed by atoms with Gasteiger partial charge in [-0.05, 0) is 25.7 Å². The molecule has 0 spiro atoms. The summed E-state index contributed by atoms with van der Waals surface area (Å²) in [4.78, 5) is 44.7. The molecule has 8 heteroatoms. The molecule has 0 heterocycles. The lowest BCUT2D eigenvalue weighted by molar-refractivity contribution is -0.161. The summed E-state index contributed by atoms with van der Waals surface area (Å²) in [6, 6.07) is 0. The summed E-state index contributed by atoms with van der Waals surface area (Å²) in [5.74, 6) is -2.66. The van der Waals surface area contributed by atoms with Gasteiger partial charge in [-0.25, -0.2) is 0 Å². The molecular formula is C18H30O8. The number of aliphatic carboxylic acids is 1. The summed E-state index contributed by atoms with van der Waals surface area (Å²) in [5.41, 5.74) is 0. The highest BCUT2D eigenvalue weighted by Gasteiger charge is 2.13. The minimum absolute atomic E-state index is 0.0384. The Kier molecular flexibility index (Phi) is 15.3. The van der Waals surface area contributed by atoms with Crippen molar-refractivity contribution in [1.29, 1.82) is 0 Å². The Balaban J connectivity index is 3.54. The van der Waals surface area contributed by atoms with Crippen molar-refractivity contribution in [2.45, 2.75) is 77.0 Å². The lowest BCUT2D eigenvalue weighted by Gasteiger charge is -2.05. The fraction of sp³-hybridized carbons (Fsp3) is 0.778. The van der Waals surface area contributed by atoms with Gasteiger partial charge in [0.25, 0.3) is 0 Å². The van der Waals surface area contributed by atoms with E-state index in [1.54, 1.807) is 0 Å². The van der Waals surface area contributed by atoms with Gasteiger partial charge < -0.3 is 19.7 Å². The summed E-state index contributed by atoms with van der Waals surface area (Å²) in [7, 11) is 0. The van der Waals surface area contributed by atoms with Crippen molar-refractivity contribution in [2.24, 2.45) is 0 Å². The van der Waals surface area contributed by atoms with Crippen molar-refractivity contribution < 1.29 is 38.9 Å². The minimum Gasteiger partial charge on any atom is -0.481 e. The van der Waals surface area contributed by atoms with E-state index in [4.69, 9.17) is 14.9 Å². The van der Waals surface area contributed by atoms with Crippen molar-refractivity contribution in [2.75, 3.05) is 13.2 Å². The highest BCUT2D eigenvalue weighted by atomic mass is 16.6. The Morgan fingerprint density at radius 1 is 0.615 bits per heavy atom. The average molecular weight is 374 g/mol. The van der Waals surface area contributed by atoms with Crippen molar-refractivity contribution in [3.8, 4) is 0 Å². The van der Waals surface area contributed by atoms with Gasteiger partial charge in [0.2, 0.25) is 0 Å². The number of unbranched alkanes of at least 4 members (excludes halogenated alkanes) is 6.